The van der Waals surface area contributed by atoms with Gasteiger partial charge in [0.25, 0.3) is 0 Å². The summed E-state index contributed by atoms with van der Waals surface area (Å²) in [5, 5.41) is 9.67. The summed E-state index contributed by atoms with van der Waals surface area (Å²) < 4.78 is 12.6. The number of para-hydroxylation sites is 1. The standard InChI is InChI=1S/C25H21ClN4O3S/c1-4-21(31)30-18-8-6-5-7-16(18)22-23(27-25(34-3)29-28-22)33-24(30)20-12-11-19(32-20)15-10-9-14(2)17(26)13-15/h5-13,24H,4H2,1-3H3. The summed E-state index contributed by atoms with van der Waals surface area (Å²) in [6.45, 7) is 3.76. The van der Waals surface area contributed by atoms with Crippen molar-refractivity contribution < 1.29 is 13.9 Å². The Kier molecular flexibility index (Phi) is 6.02. The molecule has 1 unspecified atom stereocenters. The summed E-state index contributed by atoms with van der Waals surface area (Å²) in [7, 11) is 0. The van der Waals surface area contributed by atoms with Crippen molar-refractivity contribution in [1.29, 1.82) is 0 Å². The lowest BCUT2D eigenvalue weighted by atomic mass is 10.1. The monoisotopic (exact) mass is 492 g/mol. The van der Waals surface area contributed by atoms with E-state index in [2.05, 4.69) is 15.2 Å². The van der Waals surface area contributed by atoms with Crippen LogP contribution in [0.2, 0.25) is 5.02 Å². The molecule has 4 aromatic rings. The maximum atomic E-state index is 13.2. The van der Waals surface area contributed by atoms with Crippen LogP contribution in [-0.4, -0.2) is 27.3 Å². The summed E-state index contributed by atoms with van der Waals surface area (Å²) in [5.74, 6) is 1.24. The van der Waals surface area contributed by atoms with Crippen LogP contribution in [0.3, 0.4) is 0 Å². The number of halogens is 1. The molecule has 0 fully saturated rings. The van der Waals surface area contributed by atoms with Crippen LogP contribution < -0.4 is 9.64 Å². The molecular weight excluding hydrogens is 472 g/mol. The van der Waals surface area contributed by atoms with Gasteiger partial charge in [0.05, 0.1) is 5.69 Å². The smallest absolute Gasteiger partial charge is 0.247 e. The third-order valence-electron chi connectivity index (χ3n) is 5.59. The van der Waals surface area contributed by atoms with E-state index in [-0.39, 0.29) is 12.3 Å². The van der Waals surface area contributed by atoms with Crippen molar-refractivity contribution in [3.8, 4) is 28.5 Å². The fourth-order valence-electron chi connectivity index (χ4n) is 3.81. The lowest BCUT2D eigenvalue weighted by Gasteiger charge is -2.29. The van der Waals surface area contributed by atoms with E-state index in [1.54, 1.807) is 11.0 Å². The molecule has 2 aromatic heterocycles. The summed E-state index contributed by atoms with van der Waals surface area (Å²) in [6.07, 6.45) is 1.26. The lowest BCUT2D eigenvalue weighted by molar-refractivity contribution is -0.120. The first-order chi connectivity index (χ1) is 16.5. The van der Waals surface area contributed by atoms with Crippen molar-refractivity contribution in [3.63, 3.8) is 0 Å². The van der Waals surface area contributed by atoms with Crippen LogP contribution in [0.15, 0.2) is 64.2 Å². The molecule has 0 aliphatic carbocycles. The number of carbonyl (C=O) groups excluding carboxylic acids is 1. The number of benzene rings is 2. The van der Waals surface area contributed by atoms with Gasteiger partial charge in [-0.1, -0.05) is 60.6 Å². The van der Waals surface area contributed by atoms with E-state index < -0.39 is 6.23 Å². The Bertz CT molecular complexity index is 1390. The fourth-order valence-corrected chi connectivity index (χ4v) is 4.29. The molecule has 7 nitrogen and oxygen atoms in total. The van der Waals surface area contributed by atoms with Crippen molar-refractivity contribution in [2.45, 2.75) is 31.7 Å². The van der Waals surface area contributed by atoms with Gasteiger partial charge in [0.2, 0.25) is 23.2 Å². The van der Waals surface area contributed by atoms with Crippen molar-refractivity contribution in [2.75, 3.05) is 11.2 Å². The van der Waals surface area contributed by atoms with E-state index in [4.69, 9.17) is 20.8 Å². The Balaban J connectivity index is 1.67. The van der Waals surface area contributed by atoms with Crippen LogP contribution >= 0.6 is 23.4 Å². The first-order valence-corrected chi connectivity index (χ1v) is 12.3. The molecular formula is C25H21ClN4O3S. The molecule has 0 spiro atoms. The molecule has 1 aliphatic heterocycles. The molecule has 1 aliphatic rings. The van der Waals surface area contributed by atoms with Gasteiger partial charge in [0, 0.05) is 22.6 Å². The second-order valence-electron chi connectivity index (χ2n) is 7.72. The molecule has 0 saturated heterocycles. The number of nitrogens with zero attached hydrogens (tertiary/aromatic N) is 4. The fraction of sp³-hybridized carbons (Fsp3) is 0.200. The number of hydrogen-bond acceptors (Lipinski definition) is 7. The summed E-state index contributed by atoms with van der Waals surface area (Å²) in [4.78, 5) is 19.4. The lowest BCUT2D eigenvalue weighted by Crippen LogP contribution is -2.37. The largest absolute Gasteiger partial charge is 0.455 e. The number of thioether (sulfide) groups is 1. The zero-order valence-electron chi connectivity index (χ0n) is 18.8. The van der Waals surface area contributed by atoms with Crippen LogP contribution in [0.4, 0.5) is 5.69 Å². The highest BCUT2D eigenvalue weighted by Gasteiger charge is 2.37. The maximum absolute atomic E-state index is 13.2. The van der Waals surface area contributed by atoms with E-state index in [1.807, 2.05) is 68.6 Å². The third-order valence-corrected chi connectivity index (χ3v) is 6.54. The molecule has 2 aromatic carbocycles. The molecule has 3 heterocycles. The van der Waals surface area contributed by atoms with Gasteiger partial charge < -0.3 is 9.15 Å². The van der Waals surface area contributed by atoms with E-state index in [0.29, 0.717) is 44.5 Å². The average molecular weight is 493 g/mol. The van der Waals surface area contributed by atoms with E-state index in [1.165, 1.54) is 11.8 Å². The average Bonchev–Trinajstić information content (AvgIpc) is 3.30. The van der Waals surface area contributed by atoms with Crippen LogP contribution in [0.25, 0.3) is 22.6 Å². The second-order valence-corrected chi connectivity index (χ2v) is 8.90. The van der Waals surface area contributed by atoms with E-state index in [9.17, 15) is 4.79 Å². The number of rotatable bonds is 4. The SMILES string of the molecule is CCC(=O)N1c2ccccc2-c2nnc(SC)nc2OC1c1ccc(-c2ccc(C)c(Cl)c2)o1. The van der Waals surface area contributed by atoms with E-state index in [0.717, 1.165) is 11.1 Å². The number of aromatic nitrogens is 3. The summed E-state index contributed by atoms with van der Waals surface area (Å²) >= 11 is 7.68. The Morgan fingerprint density at radius 2 is 1.97 bits per heavy atom. The van der Waals surface area contributed by atoms with Crippen molar-refractivity contribution in [1.82, 2.24) is 15.2 Å². The highest BCUT2D eigenvalue weighted by atomic mass is 35.5. The van der Waals surface area contributed by atoms with Gasteiger partial charge in [-0.15, -0.1) is 10.2 Å². The minimum atomic E-state index is -0.879. The first kappa shape index (κ1) is 22.4. The quantitative estimate of drug-likeness (QED) is 0.308. The number of hydrogen-bond donors (Lipinski definition) is 0. The molecule has 0 radical (unpaired) electrons. The number of ether oxygens (including phenoxy) is 1. The maximum Gasteiger partial charge on any atom is 0.247 e. The molecule has 34 heavy (non-hydrogen) atoms. The van der Waals surface area contributed by atoms with E-state index >= 15 is 0 Å². The van der Waals surface area contributed by atoms with Gasteiger partial charge in [-0.2, -0.15) is 4.98 Å². The van der Waals surface area contributed by atoms with Gasteiger partial charge >= 0.3 is 0 Å². The number of aryl methyl sites for hydroxylation is 1. The molecule has 1 amide bonds. The van der Waals surface area contributed by atoms with Crippen LogP contribution in [-0.2, 0) is 4.79 Å². The Hall–Kier alpha value is -3.36. The first-order valence-electron chi connectivity index (χ1n) is 10.7. The van der Waals surface area contributed by atoms with Crippen LogP contribution in [0.5, 0.6) is 5.88 Å². The topological polar surface area (TPSA) is 81.4 Å². The van der Waals surface area contributed by atoms with Crippen LogP contribution in [0.1, 0.15) is 30.9 Å². The Labute approximate surface area is 206 Å². The number of carbonyl (C=O) groups is 1. The highest BCUT2D eigenvalue weighted by Crippen LogP contribution is 2.44. The molecule has 0 bridgehead atoms. The molecule has 9 heteroatoms. The number of anilines is 1. The van der Waals surface area contributed by atoms with Gasteiger partial charge in [-0.3, -0.25) is 9.69 Å². The molecule has 1 atom stereocenters. The zero-order valence-corrected chi connectivity index (χ0v) is 20.4. The number of furan rings is 1. The van der Waals surface area contributed by atoms with Gasteiger partial charge in [0.15, 0.2) is 11.5 Å². The molecule has 0 N–H and O–H groups in total. The predicted molar refractivity (Wildman–Crippen MR) is 132 cm³/mol. The number of fused-ring (bicyclic) bond motifs is 3. The molecule has 172 valence electrons. The third kappa shape index (κ3) is 3.93. The van der Waals surface area contributed by atoms with Crippen molar-refractivity contribution in [3.05, 3.63) is 70.9 Å². The zero-order chi connectivity index (χ0) is 23.8. The van der Waals surface area contributed by atoms with Crippen LogP contribution in [0, 0.1) is 6.92 Å². The Morgan fingerprint density at radius 1 is 1.15 bits per heavy atom. The molecule has 0 saturated carbocycles. The van der Waals surface area contributed by atoms with Gasteiger partial charge in [0.1, 0.15) is 5.76 Å². The highest BCUT2D eigenvalue weighted by molar-refractivity contribution is 7.98. The number of amides is 1. The predicted octanol–water partition coefficient (Wildman–Crippen LogP) is 6.32. The minimum absolute atomic E-state index is 0.125. The van der Waals surface area contributed by atoms with Crippen molar-refractivity contribution >= 4 is 35.0 Å². The second kappa shape index (κ2) is 9.12. The van der Waals surface area contributed by atoms with Crippen molar-refractivity contribution in [2.24, 2.45) is 0 Å². The van der Waals surface area contributed by atoms with Gasteiger partial charge in [-0.25, -0.2) is 0 Å². The summed E-state index contributed by atoms with van der Waals surface area (Å²) in [6, 6.07) is 16.9. The normalized spacial score (nSPS) is 14.7. The molecule has 5 rings (SSSR count). The Morgan fingerprint density at radius 3 is 2.74 bits per heavy atom. The summed E-state index contributed by atoms with van der Waals surface area (Å²) in [5.41, 5.74) is 3.66. The minimum Gasteiger partial charge on any atom is -0.455 e. The van der Waals surface area contributed by atoms with Gasteiger partial charge in [-0.05, 0) is 43.0 Å².